The van der Waals surface area contributed by atoms with Gasteiger partial charge in [-0.15, -0.1) is 0 Å². The summed E-state index contributed by atoms with van der Waals surface area (Å²) in [6, 6.07) is 7.68. The summed E-state index contributed by atoms with van der Waals surface area (Å²) >= 11 is 1.35. The quantitative estimate of drug-likeness (QED) is 0.734. The Bertz CT molecular complexity index is 1040. The van der Waals surface area contributed by atoms with Gasteiger partial charge in [-0.25, -0.2) is 8.42 Å². The highest BCUT2D eigenvalue weighted by atomic mass is 32.2. The van der Waals surface area contributed by atoms with Gasteiger partial charge in [0.1, 0.15) is 11.5 Å². The van der Waals surface area contributed by atoms with E-state index in [1.807, 2.05) is 35.8 Å². The van der Waals surface area contributed by atoms with Crippen molar-refractivity contribution in [2.45, 2.75) is 33.2 Å². The molecule has 28 heavy (non-hydrogen) atoms. The van der Waals surface area contributed by atoms with Crippen LogP contribution in [0.1, 0.15) is 26.7 Å². The number of carbonyl (C=O) groups is 2. The average molecular weight is 424 g/mol. The van der Waals surface area contributed by atoms with Crippen LogP contribution in [0.5, 0.6) is 0 Å². The molecule has 1 aromatic carbocycles. The molecule has 0 bridgehead atoms. The Morgan fingerprint density at radius 1 is 1.18 bits per heavy atom. The van der Waals surface area contributed by atoms with Crippen molar-refractivity contribution in [3.8, 4) is 0 Å². The van der Waals surface area contributed by atoms with Crippen molar-refractivity contribution in [2.24, 2.45) is 10.9 Å². The van der Waals surface area contributed by atoms with Crippen LogP contribution in [0.25, 0.3) is 10.2 Å². The zero-order valence-electron chi connectivity index (χ0n) is 16.1. The van der Waals surface area contributed by atoms with Crippen LogP contribution in [0.4, 0.5) is 0 Å². The Morgan fingerprint density at radius 2 is 1.86 bits per heavy atom. The molecule has 3 rings (SSSR count). The molecule has 2 amide bonds. The number of carbonyl (C=O) groups excluding carboxylic acids is 2. The second kappa shape index (κ2) is 8.57. The lowest BCUT2D eigenvalue weighted by Crippen LogP contribution is -2.41. The Kier molecular flexibility index (Phi) is 6.34. The second-order valence-electron chi connectivity index (χ2n) is 7.20. The first-order valence-corrected chi connectivity index (χ1v) is 12.1. The molecule has 1 aromatic heterocycles. The van der Waals surface area contributed by atoms with Crippen LogP contribution in [0.3, 0.4) is 0 Å². The maximum Gasteiger partial charge on any atom is 0.263 e. The number of hydrogen-bond acceptors (Lipinski definition) is 5. The number of nitrogens with zero attached hydrogens (tertiary/aromatic N) is 3. The molecule has 1 fully saturated rings. The highest BCUT2D eigenvalue weighted by Gasteiger charge is 2.26. The summed E-state index contributed by atoms with van der Waals surface area (Å²) in [6.07, 6.45) is 1.76. The molecule has 9 heteroatoms. The van der Waals surface area contributed by atoms with Crippen molar-refractivity contribution in [3.63, 3.8) is 0 Å². The van der Waals surface area contributed by atoms with Gasteiger partial charge in [-0.1, -0.05) is 30.4 Å². The van der Waals surface area contributed by atoms with E-state index in [2.05, 4.69) is 11.9 Å². The van der Waals surface area contributed by atoms with Crippen LogP contribution in [0, 0.1) is 5.92 Å². The maximum atomic E-state index is 12.3. The number of sulfone groups is 1. The summed E-state index contributed by atoms with van der Waals surface area (Å²) in [5.41, 5.74) is 0.957. The van der Waals surface area contributed by atoms with E-state index in [4.69, 9.17) is 0 Å². The van der Waals surface area contributed by atoms with E-state index in [0.29, 0.717) is 30.4 Å². The van der Waals surface area contributed by atoms with Gasteiger partial charge in [0.05, 0.1) is 10.2 Å². The molecule has 7 nitrogen and oxygen atoms in total. The highest BCUT2D eigenvalue weighted by molar-refractivity contribution is 7.92. The Hall–Kier alpha value is -2.00. The molecule has 152 valence electrons. The summed E-state index contributed by atoms with van der Waals surface area (Å²) < 4.78 is 27.5. The van der Waals surface area contributed by atoms with E-state index < -0.39 is 33.2 Å². The molecule has 2 heterocycles. The first kappa shape index (κ1) is 20.7. The van der Waals surface area contributed by atoms with Gasteiger partial charge in [-0.3, -0.25) is 9.59 Å². The highest BCUT2D eigenvalue weighted by Crippen LogP contribution is 2.17. The van der Waals surface area contributed by atoms with Crippen LogP contribution in [0.15, 0.2) is 29.3 Å². The summed E-state index contributed by atoms with van der Waals surface area (Å²) in [4.78, 5) is 30.6. The van der Waals surface area contributed by atoms with Gasteiger partial charge in [0.25, 0.3) is 5.91 Å². The molecular formula is C19H25N3O4S2. The Morgan fingerprint density at radius 3 is 2.54 bits per heavy atom. The summed E-state index contributed by atoms with van der Waals surface area (Å²) in [5, 5.41) is 0. The minimum Gasteiger partial charge on any atom is -0.342 e. The molecular weight excluding hydrogens is 398 g/mol. The predicted molar refractivity (Wildman–Crippen MR) is 110 cm³/mol. The van der Waals surface area contributed by atoms with Gasteiger partial charge >= 0.3 is 0 Å². The van der Waals surface area contributed by atoms with Gasteiger partial charge in [0.15, 0.2) is 14.6 Å². The largest absolute Gasteiger partial charge is 0.342 e. The van der Waals surface area contributed by atoms with E-state index in [1.165, 1.54) is 11.3 Å². The number of likely N-dealkylation sites (tertiary alicyclic amines) is 1. The minimum atomic E-state index is -3.85. The van der Waals surface area contributed by atoms with Gasteiger partial charge in [0, 0.05) is 19.6 Å². The fourth-order valence-corrected chi connectivity index (χ4v) is 5.54. The lowest BCUT2D eigenvalue weighted by Gasteiger charge is -2.30. The third kappa shape index (κ3) is 4.88. The monoisotopic (exact) mass is 423 g/mol. The number of piperidine rings is 1. The molecule has 2 aromatic rings. The molecule has 0 radical (unpaired) electrons. The number of benzene rings is 1. The zero-order chi connectivity index (χ0) is 20.3. The topological polar surface area (TPSA) is 88.8 Å². The minimum absolute atomic E-state index is 0.426. The third-order valence-electron chi connectivity index (χ3n) is 4.95. The third-order valence-corrected chi connectivity index (χ3v) is 7.38. The van der Waals surface area contributed by atoms with Gasteiger partial charge in [0.2, 0.25) is 5.91 Å². The smallest absolute Gasteiger partial charge is 0.263 e. The summed E-state index contributed by atoms with van der Waals surface area (Å²) in [5.74, 6) is -2.00. The molecule has 0 atom stereocenters. The molecule has 0 unspecified atom stereocenters. The van der Waals surface area contributed by atoms with E-state index in [0.717, 1.165) is 23.1 Å². The van der Waals surface area contributed by atoms with E-state index in [1.54, 1.807) is 4.90 Å². The fourth-order valence-electron chi connectivity index (χ4n) is 3.33. The number of fused-ring (bicyclic) bond motifs is 1. The summed E-state index contributed by atoms with van der Waals surface area (Å²) in [6.45, 7) is 5.83. The number of aromatic nitrogens is 1. The van der Waals surface area contributed by atoms with Crippen molar-refractivity contribution >= 4 is 43.2 Å². The summed E-state index contributed by atoms with van der Waals surface area (Å²) in [7, 11) is -3.85. The van der Waals surface area contributed by atoms with Crippen LogP contribution < -0.4 is 4.80 Å². The lowest BCUT2D eigenvalue weighted by atomic mass is 9.99. The SMILES string of the molecule is CCn1c(=NC(=O)CS(=O)(=O)CC(=O)N2CCC(C)CC2)sc2ccccc21. The first-order chi connectivity index (χ1) is 13.3. The molecule has 0 aliphatic carbocycles. The number of thiazole rings is 1. The van der Waals surface area contributed by atoms with Gasteiger partial charge in [-0.2, -0.15) is 4.99 Å². The molecule has 0 saturated carbocycles. The standard InChI is InChI=1S/C19H25N3O4S2/c1-3-22-15-6-4-5-7-16(15)27-19(22)20-17(23)12-28(25,26)13-18(24)21-10-8-14(2)9-11-21/h4-7,14H,3,8-13H2,1-2H3. The van der Waals surface area contributed by atoms with Gasteiger partial charge < -0.3 is 9.47 Å². The number of hydrogen-bond donors (Lipinski definition) is 0. The fraction of sp³-hybridized carbons (Fsp3) is 0.526. The van der Waals surface area contributed by atoms with E-state index in [-0.39, 0.29) is 0 Å². The number of para-hydroxylation sites is 1. The van der Waals surface area contributed by atoms with Crippen LogP contribution >= 0.6 is 11.3 Å². The normalized spacial score (nSPS) is 16.6. The number of aryl methyl sites for hydroxylation is 1. The Balaban J connectivity index is 1.71. The zero-order valence-corrected chi connectivity index (χ0v) is 17.8. The molecule has 1 aliphatic heterocycles. The van der Waals surface area contributed by atoms with Crippen LogP contribution in [-0.4, -0.2) is 54.3 Å². The Labute approximate surface area is 168 Å². The number of rotatable bonds is 5. The predicted octanol–water partition coefficient (Wildman–Crippen LogP) is 1.82. The maximum absolute atomic E-state index is 12.3. The molecule has 1 aliphatic rings. The second-order valence-corrected chi connectivity index (χ2v) is 10.3. The van der Waals surface area contributed by atoms with E-state index >= 15 is 0 Å². The molecule has 0 spiro atoms. The van der Waals surface area contributed by atoms with Crippen molar-refractivity contribution in [1.82, 2.24) is 9.47 Å². The van der Waals surface area contributed by atoms with Crippen molar-refractivity contribution in [3.05, 3.63) is 29.1 Å². The van der Waals surface area contributed by atoms with Crippen molar-refractivity contribution in [2.75, 3.05) is 24.6 Å². The lowest BCUT2D eigenvalue weighted by molar-refractivity contribution is -0.129. The molecule has 0 N–H and O–H groups in total. The average Bonchev–Trinajstić information content (AvgIpc) is 2.97. The van der Waals surface area contributed by atoms with Crippen molar-refractivity contribution < 1.29 is 18.0 Å². The van der Waals surface area contributed by atoms with Crippen LogP contribution in [-0.2, 0) is 26.0 Å². The van der Waals surface area contributed by atoms with Gasteiger partial charge in [-0.05, 0) is 37.8 Å². The van der Waals surface area contributed by atoms with Crippen LogP contribution in [0.2, 0.25) is 0 Å². The van der Waals surface area contributed by atoms with E-state index in [9.17, 15) is 18.0 Å². The first-order valence-electron chi connectivity index (χ1n) is 9.43. The van der Waals surface area contributed by atoms with Crippen molar-refractivity contribution in [1.29, 1.82) is 0 Å². The molecule has 1 saturated heterocycles. The number of amides is 2.